The lowest BCUT2D eigenvalue weighted by molar-refractivity contribution is -0.157. The molecule has 0 saturated heterocycles. The Morgan fingerprint density at radius 1 is 1.05 bits per heavy atom. The number of hydrogen-bond donors (Lipinski definition) is 2. The van der Waals surface area contributed by atoms with Crippen LogP contribution in [0.3, 0.4) is 0 Å². The molecule has 3 aromatic heterocycles. The number of benzene rings is 1. The van der Waals surface area contributed by atoms with E-state index in [2.05, 4.69) is 40.2 Å². The van der Waals surface area contributed by atoms with Gasteiger partial charge >= 0.3 is 18.2 Å². The Kier molecular flexibility index (Phi) is 7.37. The minimum atomic E-state index is -4.80. The molecule has 0 fully saturated rings. The smallest absolute Gasteiger partial charge is 0.415 e. The molecule has 1 aromatic carbocycles. The van der Waals surface area contributed by atoms with Crippen LogP contribution >= 0.6 is 0 Å². The van der Waals surface area contributed by atoms with E-state index in [9.17, 15) is 31.1 Å². The summed E-state index contributed by atoms with van der Waals surface area (Å²) in [4.78, 5) is 26.8. The maximum atomic E-state index is 13.4. The molecule has 0 atom stereocenters. The monoisotopic (exact) mass is 589 g/mol. The Morgan fingerprint density at radius 3 is 2.52 bits per heavy atom. The lowest BCUT2D eigenvalue weighted by atomic mass is 10.0. The highest BCUT2D eigenvalue weighted by molar-refractivity contribution is 5.94. The number of halogens is 6. The van der Waals surface area contributed by atoms with Gasteiger partial charge in [0.1, 0.15) is 18.0 Å². The summed E-state index contributed by atoms with van der Waals surface area (Å²) >= 11 is 0. The van der Waals surface area contributed by atoms with Gasteiger partial charge in [-0.1, -0.05) is 0 Å². The maximum absolute atomic E-state index is 13.4. The summed E-state index contributed by atoms with van der Waals surface area (Å²) in [5, 5.41) is 20.6. The zero-order valence-corrected chi connectivity index (χ0v) is 21.1. The molecule has 4 heterocycles. The topological polar surface area (TPSA) is 146 Å². The first-order valence-electron chi connectivity index (χ1n) is 12.0. The molecule has 0 radical (unpaired) electrons. The highest BCUT2D eigenvalue weighted by atomic mass is 19.4. The molecule has 1 aliphatic rings. The van der Waals surface area contributed by atoms with Crippen LogP contribution in [0.25, 0.3) is 0 Å². The molecule has 216 valence electrons. The number of fused-ring (bicyclic) bond motifs is 1. The first-order valence-corrected chi connectivity index (χ1v) is 12.0. The van der Waals surface area contributed by atoms with Gasteiger partial charge in [-0.3, -0.25) is 4.79 Å². The number of nitrogens with zero attached hydrogens (tertiary/aromatic N) is 7. The number of carbonyl (C=O) groups is 1. The van der Waals surface area contributed by atoms with Crippen molar-refractivity contribution >= 4 is 23.2 Å². The van der Waals surface area contributed by atoms with E-state index < -0.39 is 47.7 Å². The second-order valence-corrected chi connectivity index (χ2v) is 8.90. The van der Waals surface area contributed by atoms with Crippen LogP contribution in [0.1, 0.15) is 44.5 Å². The normalized spacial score (nSPS) is 13.3. The van der Waals surface area contributed by atoms with Crippen LogP contribution in [0.15, 0.2) is 47.3 Å². The number of amides is 1. The molecular weight excluding hydrogens is 572 g/mol. The lowest BCUT2D eigenvalue weighted by Gasteiger charge is -2.31. The van der Waals surface area contributed by atoms with Gasteiger partial charge in [0.15, 0.2) is 0 Å². The van der Waals surface area contributed by atoms with Crippen LogP contribution in [0.5, 0.6) is 0 Å². The van der Waals surface area contributed by atoms with Crippen LogP contribution in [0.4, 0.5) is 43.7 Å². The number of nitriles is 1. The van der Waals surface area contributed by atoms with E-state index in [-0.39, 0.29) is 12.1 Å². The van der Waals surface area contributed by atoms with Gasteiger partial charge in [-0.05, 0) is 36.8 Å². The van der Waals surface area contributed by atoms with E-state index in [0.717, 1.165) is 17.7 Å². The van der Waals surface area contributed by atoms with E-state index in [1.807, 2.05) is 0 Å². The third kappa shape index (κ3) is 6.06. The third-order valence-corrected chi connectivity index (χ3v) is 6.18. The van der Waals surface area contributed by atoms with Crippen molar-refractivity contribution in [1.29, 1.82) is 5.26 Å². The minimum Gasteiger partial charge on any atom is -0.415 e. The number of alkyl halides is 6. The fraction of sp³-hybridized carbons (Fsp3) is 0.240. The summed E-state index contributed by atoms with van der Waals surface area (Å²) in [6.45, 7) is 0.133. The summed E-state index contributed by atoms with van der Waals surface area (Å²) in [6, 6.07) is 8.04. The molecule has 0 bridgehead atoms. The minimum absolute atomic E-state index is 0.108. The van der Waals surface area contributed by atoms with Gasteiger partial charge in [0, 0.05) is 24.0 Å². The average molecular weight is 589 g/mol. The van der Waals surface area contributed by atoms with Gasteiger partial charge in [-0.25, -0.2) is 15.0 Å². The molecule has 0 unspecified atom stereocenters. The van der Waals surface area contributed by atoms with Crippen LogP contribution in [-0.2, 0) is 31.9 Å². The van der Waals surface area contributed by atoms with Gasteiger partial charge in [0.05, 0.1) is 41.5 Å². The van der Waals surface area contributed by atoms with Crippen molar-refractivity contribution in [3.8, 4) is 6.07 Å². The molecule has 0 spiro atoms. The predicted octanol–water partition coefficient (Wildman–Crippen LogP) is 4.40. The SMILES string of the molecule is N#Cc1ccc(N2CCc3c(ncnc3Nc3ccc(C(=O)NCc4nnc(C(F)(F)F)o4)cn3)C2)cc1C(F)(F)F. The van der Waals surface area contributed by atoms with Crippen LogP contribution < -0.4 is 15.5 Å². The second-order valence-electron chi connectivity index (χ2n) is 8.90. The Balaban J connectivity index is 1.24. The van der Waals surface area contributed by atoms with Crippen molar-refractivity contribution in [2.24, 2.45) is 0 Å². The van der Waals surface area contributed by atoms with Gasteiger partial charge in [-0.2, -0.15) is 31.6 Å². The van der Waals surface area contributed by atoms with Crippen LogP contribution in [0.2, 0.25) is 0 Å². The Morgan fingerprint density at radius 2 is 1.86 bits per heavy atom. The zero-order valence-electron chi connectivity index (χ0n) is 21.1. The standard InChI is InChI=1S/C25H17F6N9O2/c26-24(27,28)17-7-15(3-1-13(17)8-32)40-6-5-16-18(11-40)35-12-36-21(16)37-19-4-2-14(9-33-19)22(41)34-10-20-38-39-23(42-20)25(29,30)31/h1-4,7,9,12H,5-6,10-11H2,(H,34,41)(H,33,35,36,37). The van der Waals surface area contributed by atoms with E-state index in [1.165, 1.54) is 30.7 Å². The number of aromatic nitrogens is 5. The predicted molar refractivity (Wildman–Crippen MR) is 131 cm³/mol. The summed E-state index contributed by atoms with van der Waals surface area (Å²) in [5.74, 6) is -1.83. The van der Waals surface area contributed by atoms with E-state index in [1.54, 1.807) is 11.0 Å². The van der Waals surface area contributed by atoms with Crippen LogP contribution in [-0.4, -0.2) is 37.6 Å². The highest BCUT2D eigenvalue weighted by Crippen LogP contribution is 2.36. The van der Waals surface area contributed by atoms with Gasteiger partial charge in [0.2, 0.25) is 5.89 Å². The van der Waals surface area contributed by atoms with E-state index in [0.29, 0.717) is 36.0 Å². The average Bonchev–Trinajstić information content (AvgIpc) is 3.45. The first-order chi connectivity index (χ1) is 19.9. The van der Waals surface area contributed by atoms with Gasteiger partial charge in [0.25, 0.3) is 5.91 Å². The van der Waals surface area contributed by atoms with E-state index >= 15 is 0 Å². The fourth-order valence-electron chi connectivity index (χ4n) is 4.16. The lowest BCUT2D eigenvalue weighted by Crippen LogP contribution is -2.32. The third-order valence-electron chi connectivity index (χ3n) is 6.18. The number of nitrogens with one attached hydrogen (secondary N) is 2. The Bertz CT molecular complexity index is 1660. The summed E-state index contributed by atoms with van der Waals surface area (Å²) in [5.41, 5.74) is 0.265. The molecule has 5 rings (SSSR count). The number of pyridine rings is 1. The van der Waals surface area contributed by atoms with Crippen molar-refractivity contribution in [2.45, 2.75) is 31.9 Å². The molecule has 4 aromatic rings. The molecule has 1 amide bonds. The number of rotatable bonds is 6. The molecule has 0 saturated carbocycles. The molecule has 42 heavy (non-hydrogen) atoms. The van der Waals surface area contributed by atoms with Crippen LogP contribution in [0, 0.1) is 11.3 Å². The Hall–Kier alpha value is -5.27. The second kappa shape index (κ2) is 11.0. The Labute approximate surface area is 232 Å². The highest BCUT2D eigenvalue weighted by Gasteiger charge is 2.38. The van der Waals surface area contributed by atoms with Gasteiger partial charge < -0.3 is 20.0 Å². The largest absolute Gasteiger partial charge is 0.470 e. The first kappa shape index (κ1) is 28.3. The number of anilines is 3. The van der Waals surface area contributed by atoms with Crippen molar-refractivity contribution in [2.75, 3.05) is 16.8 Å². The molecule has 11 nitrogen and oxygen atoms in total. The van der Waals surface area contributed by atoms with Gasteiger partial charge in [-0.15, -0.1) is 10.2 Å². The molecule has 2 N–H and O–H groups in total. The maximum Gasteiger partial charge on any atom is 0.470 e. The summed E-state index contributed by atoms with van der Waals surface area (Å²) < 4.78 is 82.4. The van der Waals surface area contributed by atoms with E-state index in [4.69, 9.17) is 5.26 Å². The number of carbonyl (C=O) groups excluding carboxylic acids is 1. The summed E-state index contributed by atoms with van der Waals surface area (Å²) in [7, 11) is 0. The molecule has 0 aliphatic carbocycles. The fourth-order valence-corrected chi connectivity index (χ4v) is 4.16. The summed E-state index contributed by atoms with van der Waals surface area (Å²) in [6.07, 6.45) is -6.53. The molecule has 17 heteroatoms. The van der Waals surface area contributed by atoms with Crippen molar-refractivity contribution in [3.63, 3.8) is 0 Å². The zero-order chi connectivity index (χ0) is 30.1. The quantitative estimate of drug-likeness (QED) is 0.310. The van der Waals surface area contributed by atoms with Crippen molar-refractivity contribution in [1.82, 2.24) is 30.5 Å². The van der Waals surface area contributed by atoms with Crippen molar-refractivity contribution < 1.29 is 35.6 Å². The molecular formula is C25H17F6N9O2. The molecule has 1 aliphatic heterocycles. The number of hydrogen-bond acceptors (Lipinski definition) is 10. The van der Waals surface area contributed by atoms with Crippen molar-refractivity contribution in [3.05, 3.63) is 82.6 Å².